The Hall–Kier alpha value is -3.16. The molecule has 3 aromatic rings. The molecule has 1 aromatic carbocycles. The Morgan fingerprint density at radius 2 is 1.82 bits per heavy atom. The number of hydrogen-bond donors (Lipinski definition) is 0. The fraction of sp³-hybridized carbons (Fsp3) is 0.400. The lowest BCUT2D eigenvalue weighted by atomic mass is 10.1. The topological polar surface area (TPSA) is 81.7 Å². The Bertz CT molecular complexity index is 1030. The van der Waals surface area contributed by atoms with Gasteiger partial charge in [-0.1, -0.05) is 12.8 Å². The lowest BCUT2D eigenvalue weighted by Gasteiger charge is -2.20. The molecule has 0 aliphatic carbocycles. The zero-order valence-electron chi connectivity index (χ0n) is 15.9. The van der Waals surface area contributed by atoms with Crippen molar-refractivity contribution < 1.29 is 9.53 Å². The molecule has 3 heterocycles. The molecule has 0 radical (unpaired) electrons. The van der Waals surface area contributed by atoms with E-state index < -0.39 is 0 Å². The number of rotatable bonds is 4. The number of nitrogens with zero attached hydrogens (tertiary/aromatic N) is 5. The van der Waals surface area contributed by atoms with E-state index in [1.54, 1.807) is 13.2 Å². The summed E-state index contributed by atoms with van der Waals surface area (Å²) in [5, 5.41) is 8.56. The van der Waals surface area contributed by atoms with Crippen LogP contribution in [0.3, 0.4) is 0 Å². The molecule has 2 aromatic heterocycles. The molecule has 8 nitrogen and oxygen atoms in total. The lowest BCUT2D eigenvalue weighted by molar-refractivity contribution is -0.132. The maximum Gasteiger partial charge on any atom is 0.293 e. The number of ether oxygens (including phenoxy) is 1. The van der Waals surface area contributed by atoms with Crippen molar-refractivity contribution in [1.29, 1.82) is 0 Å². The molecular weight excluding hydrogens is 358 g/mol. The zero-order valence-corrected chi connectivity index (χ0v) is 15.9. The average molecular weight is 381 g/mol. The summed E-state index contributed by atoms with van der Waals surface area (Å²) in [5.74, 6) is 0.694. The van der Waals surface area contributed by atoms with Gasteiger partial charge in [0, 0.05) is 18.7 Å². The highest BCUT2D eigenvalue weighted by Crippen LogP contribution is 2.21. The van der Waals surface area contributed by atoms with Gasteiger partial charge in [0.2, 0.25) is 5.91 Å². The molecule has 0 saturated carbocycles. The molecule has 1 amide bonds. The van der Waals surface area contributed by atoms with Crippen molar-refractivity contribution in [1.82, 2.24) is 24.3 Å². The van der Waals surface area contributed by atoms with E-state index in [9.17, 15) is 9.59 Å². The van der Waals surface area contributed by atoms with Crippen LogP contribution < -0.4 is 10.3 Å². The molecule has 0 bridgehead atoms. The van der Waals surface area contributed by atoms with Gasteiger partial charge in [-0.3, -0.25) is 9.59 Å². The molecule has 0 N–H and O–H groups in total. The fourth-order valence-corrected chi connectivity index (χ4v) is 3.50. The molecule has 1 aliphatic heterocycles. The summed E-state index contributed by atoms with van der Waals surface area (Å²) in [4.78, 5) is 27.2. The summed E-state index contributed by atoms with van der Waals surface area (Å²) < 4.78 is 7.85. The molecule has 146 valence electrons. The Morgan fingerprint density at radius 3 is 2.50 bits per heavy atom. The monoisotopic (exact) mass is 381 g/mol. The van der Waals surface area contributed by atoms with Crippen LogP contribution in [0.2, 0.25) is 0 Å². The van der Waals surface area contributed by atoms with E-state index in [2.05, 4.69) is 10.2 Å². The second-order valence-corrected chi connectivity index (χ2v) is 6.98. The Morgan fingerprint density at radius 1 is 1.11 bits per heavy atom. The first-order valence-electron chi connectivity index (χ1n) is 9.53. The smallest absolute Gasteiger partial charge is 0.293 e. The first-order chi connectivity index (χ1) is 13.7. The maximum atomic E-state index is 12.8. The molecule has 0 spiro atoms. The number of likely N-dealkylation sites (tertiary alicyclic amines) is 1. The number of hydrogen-bond acceptors (Lipinski definition) is 5. The summed E-state index contributed by atoms with van der Waals surface area (Å²) >= 11 is 0. The summed E-state index contributed by atoms with van der Waals surface area (Å²) in [6.45, 7) is 1.46. The van der Waals surface area contributed by atoms with Crippen LogP contribution in [-0.2, 0) is 11.3 Å². The number of amides is 1. The zero-order chi connectivity index (χ0) is 19.5. The molecule has 1 aliphatic rings. The molecule has 4 rings (SSSR count). The molecule has 0 unspecified atom stereocenters. The van der Waals surface area contributed by atoms with Crippen molar-refractivity contribution in [2.45, 2.75) is 32.2 Å². The Labute approximate surface area is 162 Å². The van der Waals surface area contributed by atoms with Gasteiger partial charge in [0.25, 0.3) is 5.56 Å². The summed E-state index contributed by atoms with van der Waals surface area (Å²) in [5.41, 5.74) is 1.61. The van der Waals surface area contributed by atoms with Gasteiger partial charge in [-0.2, -0.15) is 10.2 Å². The summed E-state index contributed by atoms with van der Waals surface area (Å²) in [6, 6.07) is 9.18. The molecular formula is C20H23N5O3. The summed E-state index contributed by atoms with van der Waals surface area (Å²) in [6.07, 6.45) is 5.80. The first-order valence-corrected chi connectivity index (χ1v) is 9.53. The predicted octanol–water partition coefficient (Wildman–Crippen LogP) is 1.97. The van der Waals surface area contributed by atoms with Crippen LogP contribution in [0.25, 0.3) is 16.8 Å². The molecule has 8 heteroatoms. The van der Waals surface area contributed by atoms with E-state index in [1.165, 1.54) is 15.5 Å². The van der Waals surface area contributed by atoms with Gasteiger partial charge >= 0.3 is 0 Å². The Kier molecular flexibility index (Phi) is 5.10. The minimum Gasteiger partial charge on any atom is -0.497 e. The SMILES string of the molecule is COc1ccc(-c2cc3c(=O)n(CC(=O)N4CCCCCC4)ncn3n2)cc1. The van der Waals surface area contributed by atoms with E-state index >= 15 is 0 Å². The second kappa shape index (κ2) is 7.84. The minimum absolute atomic E-state index is 0.0433. The third-order valence-corrected chi connectivity index (χ3v) is 5.12. The number of aromatic nitrogens is 4. The van der Waals surface area contributed by atoms with Crippen molar-refractivity contribution in [3.63, 3.8) is 0 Å². The van der Waals surface area contributed by atoms with E-state index in [0.717, 1.165) is 50.1 Å². The van der Waals surface area contributed by atoms with Crippen LogP contribution >= 0.6 is 0 Å². The highest BCUT2D eigenvalue weighted by Gasteiger charge is 2.18. The van der Waals surface area contributed by atoms with Gasteiger partial charge in [0.15, 0.2) is 0 Å². The Balaban J connectivity index is 1.59. The van der Waals surface area contributed by atoms with Gasteiger partial charge in [-0.15, -0.1) is 0 Å². The van der Waals surface area contributed by atoms with E-state index in [0.29, 0.717) is 11.2 Å². The first kappa shape index (κ1) is 18.2. The number of carbonyl (C=O) groups is 1. The quantitative estimate of drug-likeness (QED) is 0.690. The summed E-state index contributed by atoms with van der Waals surface area (Å²) in [7, 11) is 1.61. The second-order valence-electron chi connectivity index (χ2n) is 6.98. The van der Waals surface area contributed by atoms with Crippen molar-refractivity contribution in [3.8, 4) is 17.0 Å². The molecule has 1 fully saturated rings. The number of benzene rings is 1. The highest BCUT2D eigenvalue weighted by molar-refractivity contribution is 5.76. The minimum atomic E-state index is -0.321. The maximum absolute atomic E-state index is 12.8. The lowest BCUT2D eigenvalue weighted by Crippen LogP contribution is -2.38. The van der Waals surface area contributed by atoms with E-state index in [4.69, 9.17) is 4.74 Å². The van der Waals surface area contributed by atoms with Gasteiger partial charge in [0.1, 0.15) is 24.1 Å². The number of methoxy groups -OCH3 is 1. The van der Waals surface area contributed by atoms with Crippen molar-refractivity contribution >= 4 is 11.4 Å². The van der Waals surface area contributed by atoms with Gasteiger partial charge < -0.3 is 9.64 Å². The van der Waals surface area contributed by atoms with Crippen LogP contribution in [-0.4, -0.2) is 50.4 Å². The van der Waals surface area contributed by atoms with Crippen LogP contribution in [0.4, 0.5) is 0 Å². The predicted molar refractivity (Wildman–Crippen MR) is 104 cm³/mol. The highest BCUT2D eigenvalue weighted by atomic mass is 16.5. The molecule has 1 saturated heterocycles. The van der Waals surface area contributed by atoms with Crippen molar-refractivity contribution in [2.24, 2.45) is 0 Å². The van der Waals surface area contributed by atoms with Gasteiger partial charge in [-0.25, -0.2) is 9.20 Å². The van der Waals surface area contributed by atoms with Crippen LogP contribution in [0, 0.1) is 0 Å². The molecule has 0 atom stereocenters. The largest absolute Gasteiger partial charge is 0.497 e. The average Bonchev–Trinajstić information content (AvgIpc) is 2.97. The van der Waals surface area contributed by atoms with E-state index in [-0.39, 0.29) is 18.0 Å². The number of fused-ring (bicyclic) bond motifs is 1. The fourth-order valence-electron chi connectivity index (χ4n) is 3.50. The van der Waals surface area contributed by atoms with Crippen LogP contribution in [0.15, 0.2) is 41.5 Å². The third kappa shape index (κ3) is 3.62. The standard InChI is InChI=1S/C20H23N5O3/c1-28-16-8-6-15(7-9-16)17-12-18-20(27)24(21-14-25(18)22-17)13-19(26)23-10-4-2-3-5-11-23/h6-9,12,14H,2-5,10-11,13H2,1H3. The molecule has 28 heavy (non-hydrogen) atoms. The van der Waals surface area contributed by atoms with Gasteiger partial charge in [0.05, 0.1) is 12.8 Å². The normalized spacial score (nSPS) is 14.8. The van der Waals surface area contributed by atoms with Gasteiger partial charge in [-0.05, 0) is 43.2 Å². The van der Waals surface area contributed by atoms with Crippen LogP contribution in [0.5, 0.6) is 5.75 Å². The third-order valence-electron chi connectivity index (χ3n) is 5.12. The van der Waals surface area contributed by atoms with Crippen LogP contribution in [0.1, 0.15) is 25.7 Å². The van der Waals surface area contributed by atoms with E-state index in [1.807, 2.05) is 29.2 Å². The number of carbonyl (C=O) groups excluding carboxylic acids is 1. The van der Waals surface area contributed by atoms with Crippen molar-refractivity contribution in [3.05, 3.63) is 47.0 Å². The van der Waals surface area contributed by atoms with Crippen molar-refractivity contribution in [2.75, 3.05) is 20.2 Å².